The van der Waals surface area contributed by atoms with Crippen LogP contribution in [0.25, 0.3) is 5.82 Å². The van der Waals surface area contributed by atoms with Crippen LogP contribution in [0.2, 0.25) is 5.02 Å². The number of pyridine rings is 1. The molecule has 4 nitrogen and oxygen atoms in total. The molecule has 0 bridgehead atoms. The second-order valence-corrected chi connectivity index (χ2v) is 5.20. The molecule has 0 aliphatic carbocycles. The van der Waals surface area contributed by atoms with Crippen molar-refractivity contribution in [2.45, 2.75) is 20.4 Å². The first kappa shape index (κ1) is 14.0. The fourth-order valence-corrected chi connectivity index (χ4v) is 1.86. The molecule has 0 aliphatic heterocycles. The minimum Gasteiger partial charge on any atom is -0.312 e. The summed E-state index contributed by atoms with van der Waals surface area (Å²) in [7, 11) is 0. The van der Waals surface area contributed by atoms with Crippen molar-refractivity contribution in [3.8, 4) is 5.82 Å². The van der Waals surface area contributed by atoms with Crippen molar-refractivity contribution < 1.29 is 4.39 Å². The van der Waals surface area contributed by atoms with E-state index in [1.807, 2.05) is 0 Å². The van der Waals surface area contributed by atoms with Crippen LogP contribution in [0.4, 0.5) is 4.39 Å². The van der Waals surface area contributed by atoms with Gasteiger partial charge in [-0.25, -0.2) is 14.1 Å². The van der Waals surface area contributed by atoms with Gasteiger partial charge in [-0.3, -0.25) is 0 Å². The fourth-order valence-electron chi connectivity index (χ4n) is 1.72. The van der Waals surface area contributed by atoms with E-state index in [4.69, 9.17) is 11.6 Å². The Labute approximate surface area is 116 Å². The Kier molecular flexibility index (Phi) is 4.50. The van der Waals surface area contributed by atoms with Crippen LogP contribution in [0.3, 0.4) is 0 Å². The molecule has 0 aliphatic rings. The molecule has 0 spiro atoms. The zero-order chi connectivity index (χ0) is 13.8. The highest BCUT2D eigenvalue weighted by Crippen LogP contribution is 2.15. The summed E-state index contributed by atoms with van der Waals surface area (Å²) in [5.41, 5.74) is 0.750. The first-order valence-corrected chi connectivity index (χ1v) is 6.49. The number of hydrogen-bond donors (Lipinski definition) is 1. The third kappa shape index (κ3) is 3.75. The molecule has 0 amide bonds. The lowest BCUT2D eigenvalue weighted by molar-refractivity contribution is 0.546. The summed E-state index contributed by atoms with van der Waals surface area (Å²) in [5.74, 6) is 0.761. The molecule has 0 aromatic carbocycles. The van der Waals surface area contributed by atoms with Gasteiger partial charge in [0.1, 0.15) is 5.82 Å². The van der Waals surface area contributed by atoms with Gasteiger partial charge in [-0.05, 0) is 18.5 Å². The molecule has 0 fully saturated rings. The SMILES string of the molecule is CC(C)CNCc1cc(F)cnc1-n1cc(Cl)cn1. The van der Waals surface area contributed by atoms with Gasteiger partial charge in [0.15, 0.2) is 5.82 Å². The van der Waals surface area contributed by atoms with Gasteiger partial charge in [0, 0.05) is 12.1 Å². The molecule has 102 valence electrons. The zero-order valence-corrected chi connectivity index (χ0v) is 11.7. The molecule has 2 heterocycles. The highest BCUT2D eigenvalue weighted by Gasteiger charge is 2.09. The number of nitrogens with one attached hydrogen (secondary N) is 1. The average molecular weight is 283 g/mol. The van der Waals surface area contributed by atoms with Gasteiger partial charge in [-0.15, -0.1) is 0 Å². The predicted molar refractivity (Wildman–Crippen MR) is 72.9 cm³/mol. The predicted octanol–water partition coefficient (Wildman–Crippen LogP) is 2.81. The van der Waals surface area contributed by atoms with E-state index in [0.717, 1.165) is 12.1 Å². The van der Waals surface area contributed by atoms with Crippen LogP contribution in [-0.2, 0) is 6.54 Å². The van der Waals surface area contributed by atoms with E-state index in [9.17, 15) is 4.39 Å². The maximum atomic E-state index is 13.3. The van der Waals surface area contributed by atoms with Crippen LogP contribution in [0.15, 0.2) is 24.7 Å². The lowest BCUT2D eigenvalue weighted by atomic mass is 10.2. The van der Waals surface area contributed by atoms with Crippen LogP contribution in [0, 0.1) is 11.7 Å². The summed E-state index contributed by atoms with van der Waals surface area (Å²) < 4.78 is 14.9. The first-order chi connectivity index (χ1) is 9.06. The Hall–Kier alpha value is -1.46. The summed E-state index contributed by atoms with van der Waals surface area (Å²) >= 11 is 5.84. The van der Waals surface area contributed by atoms with Crippen molar-refractivity contribution in [3.05, 3.63) is 41.1 Å². The lowest BCUT2D eigenvalue weighted by Crippen LogP contribution is -2.20. The summed E-state index contributed by atoms with van der Waals surface area (Å²) in [4.78, 5) is 4.09. The molecule has 0 saturated heterocycles. The number of aromatic nitrogens is 3. The fraction of sp³-hybridized carbons (Fsp3) is 0.385. The van der Waals surface area contributed by atoms with E-state index in [-0.39, 0.29) is 5.82 Å². The monoisotopic (exact) mass is 282 g/mol. The number of hydrogen-bond acceptors (Lipinski definition) is 3. The van der Waals surface area contributed by atoms with Gasteiger partial charge in [0.05, 0.1) is 23.6 Å². The van der Waals surface area contributed by atoms with E-state index in [2.05, 4.69) is 29.2 Å². The minimum absolute atomic E-state index is 0.358. The molecule has 0 radical (unpaired) electrons. The van der Waals surface area contributed by atoms with Gasteiger partial charge in [-0.2, -0.15) is 5.10 Å². The van der Waals surface area contributed by atoms with Gasteiger partial charge >= 0.3 is 0 Å². The Bertz CT molecular complexity index is 553. The quantitative estimate of drug-likeness (QED) is 0.917. The van der Waals surface area contributed by atoms with Crippen molar-refractivity contribution in [2.24, 2.45) is 5.92 Å². The smallest absolute Gasteiger partial charge is 0.158 e. The first-order valence-electron chi connectivity index (χ1n) is 6.12. The Balaban J connectivity index is 2.23. The number of halogens is 2. The van der Waals surface area contributed by atoms with Crippen molar-refractivity contribution in [1.29, 1.82) is 0 Å². The normalized spacial score (nSPS) is 11.2. The van der Waals surface area contributed by atoms with E-state index in [1.54, 1.807) is 10.9 Å². The summed E-state index contributed by atoms with van der Waals surface area (Å²) in [6, 6.07) is 1.46. The van der Waals surface area contributed by atoms with Gasteiger partial charge in [0.25, 0.3) is 0 Å². The molecule has 19 heavy (non-hydrogen) atoms. The van der Waals surface area contributed by atoms with Crippen molar-refractivity contribution >= 4 is 11.6 Å². The highest BCUT2D eigenvalue weighted by molar-refractivity contribution is 6.30. The van der Waals surface area contributed by atoms with E-state index in [0.29, 0.717) is 23.3 Å². The molecule has 0 atom stereocenters. The van der Waals surface area contributed by atoms with Crippen molar-refractivity contribution in [3.63, 3.8) is 0 Å². The van der Waals surface area contributed by atoms with E-state index in [1.165, 1.54) is 18.5 Å². The topological polar surface area (TPSA) is 42.7 Å². The van der Waals surface area contributed by atoms with Crippen molar-refractivity contribution in [2.75, 3.05) is 6.54 Å². The van der Waals surface area contributed by atoms with Crippen LogP contribution >= 0.6 is 11.6 Å². The van der Waals surface area contributed by atoms with Gasteiger partial charge in [-0.1, -0.05) is 25.4 Å². The minimum atomic E-state index is -0.358. The van der Waals surface area contributed by atoms with E-state index < -0.39 is 0 Å². The third-order valence-electron chi connectivity index (χ3n) is 2.55. The zero-order valence-electron chi connectivity index (χ0n) is 10.9. The summed E-state index contributed by atoms with van der Waals surface area (Å²) in [6.45, 7) is 5.63. The Morgan fingerprint density at radius 3 is 2.84 bits per heavy atom. The van der Waals surface area contributed by atoms with E-state index >= 15 is 0 Å². The highest BCUT2D eigenvalue weighted by atomic mass is 35.5. The summed E-state index contributed by atoms with van der Waals surface area (Å²) in [5, 5.41) is 7.88. The molecule has 1 N–H and O–H groups in total. The molecular weight excluding hydrogens is 267 g/mol. The molecule has 2 aromatic heterocycles. The second-order valence-electron chi connectivity index (χ2n) is 4.76. The number of nitrogens with zero attached hydrogens (tertiary/aromatic N) is 3. The molecule has 0 saturated carbocycles. The van der Waals surface area contributed by atoms with Gasteiger partial charge < -0.3 is 5.32 Å². The maximum Gasteiger partial charge on any atom is 0.158 e. The molecule has 6 heteroatoms. The lowest BCUT2D eigenvalue weighted by Gasteiger charge is -2.11. The maximum absolute atomic E-state index is 13.3. The number of rotatable bonds is 5. The summed E-state index contributed by atoms with van der Waals surface area (Å²) in [6.07, 6.45) is 4.35. The van der Waals surface area contributed by atoms with Crippen LogP contribution in [0.5, 0.6) is 0 Å². The Morgan fingerprint density at radius 1 is 1.42 bits per heavy atom. The van der Waals surface area contributed by atoms with Crippen molar-refractivity contribution in [1.82, 2.24) is 20.1 Å². The second kappa shape index (κ2) is 6.12. The molecule has 0 unspecified atom stereocenters. The molecular formula is C13H16ClFN4. The third-order valence-corrected chi connectivity index (χ3v) is 2.74. The van der Waals surface area contributed by atoms with Crippen LogP contribution in [-0.4, -0.2) is 21.3 Å². The molecule has 2 rings (SSSR count). The standard InChI is InChI=1S/C13H16ClFN4/c1-9(2)4-16-5-10-3-12(15)7-17-13(10)19-8-11(14)6-18-19/h3,6-9,16H,4-5H2,1-2H3. The van der Waals surface area contributed by atoms with Gasteiger partial charge in [0.2, 0.25) is 0 Å². The molecule has 2 aromatic rings. The average Bonchev–Trinajstić information content (AvgIpc) is 2.75. The Morgan fingerprint density at radius 2 is 2.21 bits per heavy atom. The largest absolute Gasteiger partial charge is 0.312 e. The van der Waals surface area contributed by atoms with Crippen LogP contribution in [0.1, 0.15) is 19.4 Å². The van der Waals surface area contributed by atoms with Crippen LogP contribution < -0.4 is 5.32 Å².